The van der Waals surface area contributed by atoms with E-state index in [-0.39, 0.29) is 5.82 Å². The third-order valence-corrected chi connectivity index (χ3v) is 3.60. The maximum absolute atomic E-state index is 13.7. The Balaban J connectivity index is 2.36. The van der Waals surface area contributed by atoms with Crippen molar-refractivity contribution >= 4 is 11.6 Å². The molecular formula is C20H24FNO4. The van der Waals surface area contributed by atoms with Crippen molar-refractivity contribution in [1.29, 1.82) is 0 Å². The summed E-state index contributed by atoms with van der Waals surface area (Å²) in [6, 6.07) is 7.74. The number of halogens is 1. The van der Waals surface area contributed by atoms with Crippen LogP contribution in [0.25, 0.3) is 0 Å². The van der Waals surface area contributed by atoms with Crippen LogP contribution in [0.4, 0.5) is 10.1 Å². The van der Waals surface area contributed by atoms with E-state index in [0.29, 0.717) is 53.9 Å². The molecule has 140 valence electrons. The van der Waals surface area contributed by atoms with Crippen molar-refractivity contribution in [2.75, 3.05) is 25.1 Å². The van der Waals surface area contributed by atoms with Crippen LogP contribution in [0.3, 0.4) is 0 Å². The lowest BCUT2D eigenvalue weighted by Crippen LogP contribution is -2.13. The molecule has 0 unspecified atom stereocenters. The molecule has 0 aliphatic heterocycles. The minimum absolute atomic E-state index is 0.335. The average molecular weight is 361 g/mol. The van der Waals surface area contributed by atoms with Gasteiger partial charge in [0.05, 0.1) is 19.8 Å². The highest BCUT2D eigenvalue weighted by molar-refractivity contribution is 6.05. The largest absolute Gasteiger partial charge is 0.490 e. The summed E-state index contributed by atoms with van der Waals surface area (Å²) in [6.07, 6.45) is 0. The normalized spacial score (nSPS) is 10.3. The Bertz CT molecular complexity index is 749. The molecule has 0 saturated carbocycles. The van der Waals surface area contributed by atoms with E-state index in [2.05, 4.69) is 5.32 Å². The van der Waals surface area contributed by atoms with E-state index in [1.54, 1.807) is 31.2 Å². The van der Waals surface area contributed by atoms with Gasteiger partial charge in [0, 0.05) is 11.3 Å². The summed E-state index contributed by atoms with van der Waals surface area (Å²) in [5, 5.41) is 2.69. The van der Waals surface area contributed by atoms with Crippen molar-refractivity contribution in [3.63, 3.8) is 0 Å². The van der Waals surface area contributed by atoms with Gasteiger partial charge in [-0.15, -0.1) is 0 Å². The second-order valence-corrected chi connectivity index (χ2v) is 5.52. The molecular weight excluding hydrogens is 337 g/mol. The number of ether oxygens (including phenoxy) is 3. The topological polar surface area (TPSA) is 56.8 Å². The summed E-state index contributed by atoms with van der Waals surface area (Å²) in [5.41, 5.74) is 1.23. The lowest BCUT2D eigenvalue weighted by atomic mass is 10.1. The number of hydrogen-bond acceptors (Lipinski definition) is 4. The standard InChI is InChI=1S/C20H24FNO4/c1-5-24-17-10-14(11-18(25-6-2)19(17)26-7-3)20(23)22-15-9-8-13(4)16(21)12-15/h8-12H,5-7H2,1-4H3,(H,22,23). The fraction of sp³-hybridized carbons (Fsp3) is 0.350. The molecule has 6 heteroatoms. The predicted octanol–water partition coefficient (Wildman–Crippen LogP) is 4.58. The van der Waals surface area contributed by atoms with Crippen LogP contribution in [0, 0.1) is 12.7 Å². The first-order valence-corrected chi connectivity index (χ1v) is 8.64. The number of carbonyl (C=O) groups excluding carboxylic acids is 1. The first kappa shape index (κ1) is 19.6. The van der Waals surface area contributed by atoms with Gasteiger partial charge in [-0.2, -0.15) is 0 Å². The van der Waals surface area contributed by atoms with Crippen molar-refractivity contribution in [2.45, 2.75) is 27.7 Å². The van der Waals surface area contributed by atoms with E-state index in [1.165, 1.54) is 6.07 Å². The zero-order valence-electron chi connectivity index (χ0n) is 15.5. The minimum Gasteiger partial charge on any atom is -0.490 e. The van der Waals surface area contributed by atoms with Crippen molar-refractivity contribution < 1.29 is 23.4 Å². The molecule has 0 fully saturated rings. The second kappa shape index (κ2) is 9.08. The molecule has 26 heavy (non-hydrogen) atoms. The number of amides is 1. The van der Waals surface area contributed by atoms with E-state index in [0.717, 1.165) is 0 Å². The van der Waals surface area contributed by atoms with Gasteiger partial charge < -0.3 is 19.5 Å². The number of carbonyl (C=O) groups is 1. The first-order valence-electron chi connectivity index (χ1n) is 8.64. The summed E-state index contributed by atoms with van der Waals surface area (Å²) in [4.78, 5) is 12.6. The van der Waals surface area contributed by atoms with Crippen LogP contribution in [-0.4, -0.2) is 25.7 Å². The van der Waals surface area contributed by atoms with Crippen LogP contribution < -0.4 is 19.5 Å². The Kier molecular flexibility index (Phi) is 6.83. The zero-order valence-corrected chi connectivity index (χ0v) is 15.5. The molecule has 0 radical (unpaired) electrons. The molecule has 0 spiro atoms. The summed E-state index contributed by atoms with van der Waals surface area (Å²) in [7, 11) is 0. The van der Waals surface area contributed by atoms with Crippen molar-refractivity contribution in [3.8, 4) is 17.2 Å². The maximum atomic E-state index is 13.7. The van der Waals surface area contributed by atoms with Gasteiger partial charge in [-0.05, 0) is 57.5 Å². The van der Waals surface area contributed by atoms with Crippen LogP contribution in [0.5, 0.6) is 17.2 Å². The molecule has 1 N–H and O–H groups in total. The number of aryl methyl sites for hydroxylation is 1. The van der Waals surface area contributed by atoms with E-state index >= 15 is 0 Å². The molecule has 5 nitrogen and oxygen atoms in total. The SMILES string of the molecule is CCOc1cc(C(=O)Nc2ccc(C)c(F)c2)cc(OCC)c1OCC. The van der Waals surface area contributed by atoms with Gasteiger partial charge in [0.2, 0.25) is 5.75 Å². The molecule has 2 aromatic carbocycles. The van der Waals surface area contributed by atoms with Gasteiger partial charge in [0.15, 0.2) is 11.5 Å². The Morgan fingerprint density at radius 2 is 1.54 bits per heavy atom. The lowest BCUT2D eigenvalue weighted by Gasteiger charge is -2.17. The van der Waals surface area contributed by atoms with Gasteiger partial charge in [0.25, 0.3) is 5.91 Å². The lowest BCUT2D eigenvalue weighted by molar-refractivity contribution is 0.102. The zero-order chi connectivity index (χ0) is 19.1. The summed E-state index contributed by atoms with van der Waals surface area (Å²) >= 11 is 0. The van der Waals surface area contributed by atoms with E-state index in [1.807, 2.05) is 20.8 Å². The molecule has 0 saturated heterocycles. The van der Waals surface area contributed by atoms with Gasteiger partial charge in [-0.25, -0.2) is 4.39 Å². The van der Waals surface area contributed by atoms with E-state index in [9.17, 15) is 9.18 Å². The van der Waals surface area contributed by atoms with E-state index < -0.39 is 5.91 Å². The van der Waals surface area contributed by atoms with Crippen LogP contribution in [0.1, 0.15) is 36.7 Å². The fourth-order valence-electron chi connectivity index (χ4n) is 2.39. The van der Waals surface area contributed by atoms with Crippen LogP contribution >= 0.6 is 0 Å². The fourth-order valence-corrected chi connectivity index (χ4v) is 2.39. The first-order chi connectivity index (χ1) is 12.5. The molecule has 2 aromatic rings. The molecule has 0 atom stereocenters. The van der Waals surface area contributed by atoms with Crippen molar-refractivity contribution in [3.05, 3.63) is 47.3 Å². The molecule has 1 amide bonds. The Labute approximate surface area is 153 Å². The minimum atomic E-state index is -0.391. The maximum Gasteiger partial charge on any atom is 0.255 e. The molecule has 2 rings (SSSR count). The van der Waals surface area contributed by atoms with Crippen molar-refractivity contribution in [2.24, 2.45) is 0 Å². The third kappa shape index (κ3) is 4.65. The highest BCUT2D eigenvalue weighted by Crippen LogP contribution is 2.39. The monoisotopic (exact) mass is 361 g/mol. The number of hydrogen-bond donors (Lipinski definition) is 1. The van der Waals surface area contributed by atoms with Crippen LogP contribution in [-0.2, 0) is 0 Å². The summed E-state index contributed by atoms with van der Waals surface area (Å²) in [6.45, 7) is 8.48. The number of nitrogens with one attached hydrogen (secondary N) is 1. The van der Waals surface area contributed by atoms with Crippen molar-refractivity contribution in [1.82, 2.24) is 0 Å². The van der Waals surface area contributed by atoms with E-state index in [4.69, 9.17) is 14.2 Å². The number of anilines is 1. The third-order valence-electron chi connectivity index (χ3n) is 3.60. The summed E-state index contributed by atoms with van der Waals surface area (Å²) < 4.78 is 30.5. The van der Waals surface area contributed by atoms with Gasteiger partial charge >= 0.3 is 0 Å². The Morgan fingerprint density at radius 1 is 0.962 bits per heavy atom. The van der Waals surface area contributed by atoms with Gasteiger partial charge in [0.1, 0.15) is 5.82 Å². The summed E-state index contributed by atoms with van der Waals surface area (Å²) in [5.74, 6) is 0.563. The molecule has 0 aromatic heterocycles. The highest BCUT2D eigenvalue weighted by atomic mass is 19.1. The molecule has 0 aliphatic rings. The average Bonchev–Trinajstić information content (AvgIpc) is 2.61. The smallest absolute Gasteiger partial charge is 0.255 e. The number of benzene rings is 2. The molecule has 0 heterocycles. The predicted molar refractivity (Wildman–Crippen MR) is 99.0 cm³/mol. The molecule has 0 bridgehead atoms. The Morgan fingerprint density at radius 3 is 2.04 bits per heavy atom. The van der Waals surface area contributed by atoms with Crippen LogP contribution in [0.2, 0.25) is 0 Å². The highest BCUT2D eigenvalue weighted by Gasteiger charge is 2.18. The molecule has 0 aliphatic carbocycles. The number of rotatable bonds is 8. The Hall–Kier alpha value is -2.76. The quantitative estimate of drug-likeness (QED) is 0.748. The van der Waals surface area contributed by atoms with Gasteiger partial charge in [-0.3, -0.25) is 4.79 Å². The second-order valence-electron chi connectivity index (χ2n) is 5.52. The van der Waals surface area contributed by atoms with Crippen LogP contribution in [0.15, 0.2) is 30.3 Å². The van der Waals surface area contributed by atoms with Gasteiger partial charge in [-0.1, -0.05) is 6.07 Å².